The van der Waals surface area contributed by atoms with E-state index in [1.807, 2.05) is 23.1 Å². The number of amides is 1. The van der Waals surface area contributed by atoms with Crippen LogP contribution in [0.15, 0.2) is 41.3 Å². The Morgan fingerprint density at radius 2 is 1.75 bits per heavy atom. The number of fused-ring (bicyclic) bond motifs is 1. The molecule has 2 N–H and O–H groups in total. The minimum Gasteiger partial charge on any atom is -0.465 e. The number of benzene rings is 1. The number of pyridine rings is 1. The number of piperazine rings is 1. The summed E-state index contributed by atoms with van der Waals surface area (Å²) in [6.07, 6.45) is 5.95. The molecule has 0 spiro atoms. The van der Waals surface area contributed by atoms with E-state index in [0.29, 0.717) is 49.1 Å². The average Bonchev–Trinajstić information content (AvgIpc) is 3.65. The van der Waals surface area contributed by atoms with Crippen LogP contribution in [0.5, 0.6) is 0 Å². The Morgan fingerprint density at radius 1 is 1.03 bits per heavy atom. The molecular weight excluding hydrogens is 476 g/mol. The van der Waals surface area contributed by atoms with Gasteiger partial charge in [0.1, 0.15) is 0 Å². The molecule has 0 bridgehead atoms. The molecule has 1 saturated heterocycles. The number of anilines is 3. The van der Waals surface area contributed by atoms with Crippen molar-refractivity contribution < 1.29 is 14.7 Å². The lowest BCUT2D eigenvalue weighted by molar-refractivity contribution is 0.0968. The van der Waals surface area contributed by atoms with E-state index in [9.17, 15) is 9.59 Å². The highest BCUT2D eigenvalue weighted by Crippen LogP contribution is 2.38. The smallest absolute Gasteiger partial charge is 0.407 e. The standard InChI is InChI=1S/C22H21BrN6O3/c23-14-3-4-18-16(9-14)19(17(12-24-18)20(30)13-1-2-13)27-15-10-25-21(26-11-15)28-5-7-29(8-6-28)22(31)32/h3-4,9-13H,1-2,5-8H2,(H,24,27)(H,31,32). The maximum atomic E-state index is 12.9. The Morgan fingerprint density at radius 3 is 2.41 bits per heavy atom. The first-order valence-electron chi connectivity index (χ1n) is 10.4. The highest BCUT2D eigenvalue weighted by molar-refractivity contribution is 9.10. The summed E-state index contributed by atoms with van der Waals surface area (Å²) in [5, 5.41) is 13.3. The van der Waals surface area contributed by atoms with Gasteiger partial charge in [-0.3, -0.25) is 9.78 Å². The molecule has 5 rings (SSSR count). The van der Waals surface area contributed by atoms with Gasteiger partial charge >= 0.3 is 6.09 Å². The van der Waals surface area contributed by atoms with Crippen LogP contribution in [-0.2, 0) is 0 Å². The number of carbonyl (C=O) groups is 2. The first kappa shape index (κ1) is 20.6. The van der Waals surface area contributed by atoms with E-state index in [1.54, 1.807) is 18.6 Å². The van der Waals surface area contributed by atoms with Crippen molar-refractivity contribution in [3.05, 3.63) is 46.8 Å². The molecule has 32 heavy (non-hydrogen) atoms. The van der Waals surface area contributed by atoms with Crippen molar-refractivity contribution in [1.82, 2.24) is 19.9 Å². The number of nitrogens with one attached hydrogen (secondary N) is 1. The van der Waals surface area contributed by atoms with Crippen LogP contribution in [0, 0.1) is 5.92 Å². The molecule has 0 unspecified atom stereocenters. The second-order valence-electron chi connectivity index (χ2n) is 8.00. The third-order valence-electron chi connectivity index (χ3n) is 5.78. The van der Waals surface area contributed by atoms with Gasteiger partial charge in [-0.25, -0.2) is 14.8 Å². The summed E-state index contributed by atoms with van der Waals surface area (Å²) in [4.78, 5) is 40.8. The number of hydrogen-bond donors (Lipinski definition) is 2. The van der Waals surface area contributed by atoms with E-state index in [4.69, 9.17) is 5.11 Å². The zero-order valence-corrected chi connectivity index (χ0v) is 18.7. The number of carboxylic acid groups (broad SMARTS) is 1. The second-order valence-corrected chi connectivity index (χ2v) is 8.92. The van der Waals surface area contributed by atoms with Gasteiger partial charge < -0.3 is 20.2 Å². The van der Waals surface area contributed by atoms with Crippen molar-refractivity contribution in [2.75, 3.05) is 36.4 Å². The minimum atomic E-state index is -0.905. The van der Waals surface area contributed by atoms with Crippen molar-refractivity contribution in [1.29, 1.82) is 0 Å². The van der Waals surface area contributed by atoms with E-state index in [0.717, 1.165) is 28.2 Å². The van der Waals surface area contributed by atoms with Crippen LogP contribution >= 0.6 is 15.9 Å². The van der Waals surface area contributed by atoms with Gasteiger partial charge in [-0.1, -0.05) is 15.9 Å². The number of halogens is 1. The lowest BCUT2D eigenvalue weighted by atomic mass is 10.0. The predicted octanol–water partition coefficient (Wildman–Crippen LogP) is 3.92. The maximum Gasteiger partial charge on any atom is 0.407 e. The number of carbonyl (C=O) groups excluding carboxylic acids is 1. The summed E-state index contributed by atoms with van der Waals surface area (Å²) in [6, 6.07) is 5.78. The fourth-order valence-electron chi connectivity index (χ4n) is 3.84. The molecule has 9 nitrogen and oxygen atoms in total. The zero-order chi connectivity index (χ0) is 22.2. The Balaban J connectivity index is 1.41. The van der Waals surface area contributed by atoms with Crippen LogP contribution in [0.1, 0.15) is 23.2 Å². The van der Waals surface area contributed by atoms with Gasteiger partial charge in [0.2, 0.25) is 5.95 Å². The van der Waals surface area contributed by atoms with Gasteiger partial charge in [-0.2, -0.15) is 0 Å². The lowest BCUT2D eigenvalue weighted by Crippen LogP contribution is -2.48. The summed E-state index contributed by atoms with van der Waals surface area (Å²) >= 11 is 3.51. The summed E-state index contributed by atoms with van der Waals surface area (Å²) in [5.74, 6) is 0.734. The summed E-state index contributed by atoms with van der Waals surface area (Å²) in [5.41, 5.74) is 2.73. The van der Waals surface area contributed by atoms with Gasteiger partial charge in [-0.05, 0) is 31.0 Å². The molecule has 3 heterocycles. The van der Waals surface area contributed by atoms with Crippen LogP contribution in [0.2, 0.25) is 0 Å². The SMILES string of the molecule is O=C(c1cnc2ccc(Br)cc2c1Nc1cnc(N2CCN(C(=O)O)CC2)nc1)C1CC1. The van der Waals surface area contributed by atoms with Gasteiger partial charge in [0.05, 0.1) is 34.8 Å². The number of hydrogen-bond acceptors (Lipinski definition) is 7. The third-order valence-corrected chi connectivity index (χ3v) is 6.28. The highest BCUT2D eigenvalue weighted by Gasteiger charge is 2.32. The average molecular weight is 497 g/mol. The van der Waals surface area contributed by atoms with Crippen LogP contribution in [0.4, 0.5) is 22.1 Å². The molecule has 0 atom stereocenters. The van der Waals surface area contributed by atoms with E-state index >= 15 is 0 Å². The largest absolute Gasteiger partial charge is 0.465 e. The predicted molar refractivity (Wildman–Crippen MR) is 124 cm³/mol. The van der Waals surface area contributed by atoms with Crippen molar-refractivity contribution in [2.24, 2.45) is 5.92 Å². The number of rotatable bonds is 5. The monoisotopic (exact) mass is 496 g/mol. The first-order chi connectivity index (χ1) is 15.5. The number of Topliss-reactive ketones (excluding diaryl/α,β-unsaturated/α-hetero) is 1. The number of ketones is 1. The van der Waals surface area contributed by atoms with Crippen molar-refractivity contribution in [3.63, 3.8) is 0 Å². The fourth-order valence-corrected chi connectivity index (χ4v) is 4.20. The molecule has 3 aromatic rings. The quantitative estimate of drug-likeness (QED) is 0.511. The van der Waals surface area contributed by atoms with Gasteiger partial charge in [-0.15, -0.1) is 0 Å². The van der Waals surface area contributed by atoms with E-state index in [2.05, 4.69) is 36.2 Å². The maximum absolute atomic E-state index is 12.9. The summed E-state index contributed by atoms with van der Waals surface area (Å²) in [7, 11) is 0. The van der Waals surface area contributed by atoms with E-state index in [1.165, 1.54) is 4.90 Å². The van der Waals surface area contributed by atoms with Gasteiger partial charge in [0.15, 0.2) is 5.78 Å². The van der Waals surface area contributed by atoms with E-state index in [-0.39, 0.29) is 11.7 Å². The third kappa shape index (κ3) is 4.10. The van der Waals surface area contributed by atoms with Crippen LogP contribution < -0.4 is 10.2 Å². The Labute approximate surface area is 192 Å². The summed E-state index contributed by atoms with van der Waals surface area (Å²) < 4.78 is 0.901. The molecule has 2 fully saturated rings. The van der Waals surface area contributed by atoms with E-state index < -0.39 is 6.09 Å². The molecule has 1 amide bonds. The summed E-state index contributed by atoms with van der Waals surface area (Å²) in [6.45, 7) is 1.93. The molecule has 1 aliphatic carbocycles. The number of aromatic nitrogens is 3. The Kier molecular flexibility index (Phi) is 5.38. The van der Waals surface area contributed by atoms with Crippen LogP contribution in [0.25, 0.3) is 10.9 Å². The minimum absolute atomic E-state index is 0.0741. The van der Waals surface area contributed by atoms with Crippen LogP contribution in [0.3, 0.4) is 0 Å². The van der Waals surface area contributed by atoms with Crippen LogP contribution in [-0.4, -0.2) is 63.0 Å². The molecular formula is C22H21BrN6O3. The Hall–Kier alpha value is -3.27. The Bertz CT molecular complexity index is 1190. The number of nitrogens with zero attached hydrogens (tertiary/aromatic N) is 5. The zero-order valence-electron chi connectivity index (χ0n) is 17.2. The van der Waals surface area contributed by atoms with Gasteiger partial charge in [0.25, 0.3) is 0 Å². The normalized spacial score (nSPS) is 16.3. The molecule has 1 saturated carbocycles. The molecule has 10 heteroatoms. The molecule has 1 aromatic carbocycles. The molecule has 1 aliphatic heterocycles. The van der Waals surface area contributed by atoms with Crippen molar-refractivity contribution >= 4 is 56.0 Å². The highest BCUT2D eigenvalue weighted by atomic mass is 79.9. The molecule has 0 radical (unpaired) electrons. The van der Waals surface area contributed by atoms with Crippen molar-refractivity contribution in [3.8, 4) is 0 Å². The topological polar surface area (TPSA) is 112 Å². The van der Waals surface area contributed by atoms with Gasteiger partial charge in [0, 0.05) is 48.2 Å². The molecule has 2 aromatic heterocycles. The molecule has 2 aliphatic rings. The molecule has 164 valence electrons. The van der Waals surface area contributed by atoms with Crippen molar-refractivity contribution in [2.45, 2.75) is 12.8 Å². The lowest BCUT2D eigenvalue weighted by Gasteiger charge is -2.33. The second kappa shape index (κ2) is 8.34. The first-order valence-corrected chi connectivity index (χ1v) is 11.2. The fraction of sp³-hybridized carbons (Fsp3) is 0.318.